The van der Waals surface area contributed by atoms with Crippen molar-refractivity contribution in [3.8, 4) is 22.1 Å². The Morgan fingerprint density at radius 2 is 1.93 bits per heavy atom. The molecule has 0 aliphatic rings. The second-order valence-corrected chi connectivity index (χ2v) is 6.86. The number of benzene rings is 1. The van der Waals surface area contributed by atoms with Gasteiger partial charge >= 0.3 is 0 Å². The van der Waals surface area contributed by atoms with E-state index in [2.05, 4.69) is 22.5 Å². The molecule has 2 aromatic heterocycles. The molecule has 0 bridgehead atoms. The SMILES string of the molecule is CCOc1ccc(OCC(=O)NCCn2nc(-c3cccs3)cc2C)cc1. The van der Waals surface area contributed by atoms with Gasteiger partial charge in [0.1, 0.15) is 17.2 Å². The number of nitrogens with zero attached hydrogens (tertiary/aromatic N) is 2. The van der Waals surface area contributed by atoms with E-state index in [0.29, 0.717) is 25.4 Å². The molecule has 1 amide bonds. The summed E-state index contributed by atoms with van der Waals surface area (Å²) in [4.78, 5) is 13.1. The molecule has 7 heteroatoms. The fourth-order valence-corrected chi connectivity index (χ4v) is 3.26. The zero-order valence-corrected chi connectivity index (χ0v) is 16.3. The van der Waals surface area contributed by atoms with E-state index in [-0.39, 0.29) is 12.5 Å². The summed E-state index contributed by atoms with van der Waals surface area (Å²) in [6.07, 6.45) is 0. The van der Waals surface area contributed by atoms with Crippen molar-refractivity contribution in [3.05, 3.63) is 53.5 Å². The Morgan fingerprint density at radius 1 is 1.19 bits per heavy atom. The van der Waals surface area contributed by atoms with E-state index < -0.39 is 0 Å². The van der Waals surface area contributed by atoms with Gasteiger partial charge in [0.05, 0.1) is 18.0 Å². The topological polar surface area (TPSA) is 65.4 Å². The van der Waals surface area contributed by atoms with Crippen molar-refractivity contribution in [2.24, 2.45) is 0 Å². The molecule has 0 fully saturated rings. The lowest BCUT2D eigenvalue weighted by Crippen LogP contribution is -2.31. The maximum absolute atomic E-state index is 12.0. The molecule has 0 saturated heterocycles. The van der Waals surface area contributed by atoms with Crippen LogP contribution in [0.15, 0.2) is 47.8 Å². The average Bonchev–Trinajstić information content (AvgIpc) is 3.32. The fourth-order valence-electron chi connectivity index (χ4n) is 2.58. The predicted molar refractivity (Wildman–Crippen MR) is 106 cm³/mol. The lowest BCUT2D eigenvalue weighted by molar-refractivity contribution is -0.123. The number of rotatable bonds is 9. The van der Waals surface area contributed by atoms with Gasteiger partial charge < -0.3 is 14.8 Å². The number of carbonyl (C=O) groups excluding carboxylic acids is 1. The molecule has 0 atom stereocenters. The highest BCUT2D eigenvalue weighted by atomic mass is 32.1. The Bertz CT molecular complexity index is 857. The summed E-state index contributed by atoms with van der Waals surface area (Å²) < 4.78 is 12.8. The molecule has 0 aliphatic carbocycles. The summed E-state index contributed by atoms with van der Waals surface area (Å²) in [5, 5.41) is 9.49. The normalized spacial score (nSPS) is 10.6. The lowest BCUT2D eigenvalue weighted by atomic mass is 10.3. The van der Waals surface area contributed by atoms with Crippen LogP contribution < -0.4 is 14.8 Å². The van der Waals surface area contributed by atoms with E-state index in [4.69, 9.17) is 9.47 Å². The Labute approximate surface area is 162 Å². The average molecular weight is 385 g/mol. The minimum absolute atomic E-state index is 0.0213. The van der Waals surface area contributed by atoms with Gasteiger partial charge in [0, 0.05) is 12.2 Å². The van der Waals surface area contributed by atoms with Gasteiger partial charge in [-0.3, -0.25) is 9.48 Å². The van der Waals surface area contributed by atoms with Crippen molar-refractivity contribution in [3.63, 3.8) is 0 Å². The largest absolute Gasteiger partial charge is 0.494 e. The van der Waals surface area contributed by atoms with Gasteiger partial charge in [-0.05, 0) is 55.6 Å². The van der Waals surface area contributed by atoms with Crippen LogP contribution in [0, 0.1) is 6.92 Å². The van der Waals surface area contributed by atoms with Crippen LogP contribution in [0.1, 0.15) is 12.6 Å². The number of hydrogen-bond donors (Lipinski definition) is 1. The molecule has 0 spiro atoms. The number of ether oxygens (including phenoxy) is 2. The molecule has 1 N–H and O–H groups in total. The van der Waals surface area contributed by atoms with Crippen molar-refractivity contribution in [2.45, 2.75) is 20.4 Å². The van der Waals surface area contributed by atoms with Gasteiger partial charge in [-0.2, -0.15) is 5.10 Å². The van der Waals surface area contributed by atoms with Gasteiger partial charge in [0.15, 0.2) is 6.61 Å². The van der Waals surface area contributed by atoms with Crippen LogP contribution in [-0.2, 0) is 11.3 Å². The number of amides is 1. The van der Waals surface area contributed by atoms with Gasteiger partial charge in [-0.15, -0.1) is 11.3 Å². The van der Waals surface area contributed by atoms with Gasteiger partial charge in [0.2, 0.25) is 0 Å². The molecule has 0 radical (unpaired) electrons. The van der Waals surface area contributed by atoms with Crippen LogP contribution in [0.5, 0.6) is 11.5 Å². The molecular weight excluding hydrogens is 362 g/mol. The monoisotopic (exact) mass is 385 g/mol. The Balaban J connectivity index is 1.42. The van der Waals surface area contributed by atoms with Crippen LogP contribution in [0.25, 0.3) is 10.6 Å². The number of hydrogen-bond acceptors (Lipinski definition) is 5. The number of thiophene rings is 1. The second-order valence-electron chi connectivity index (χ2n) is 5.91. The number of nitrogens with one attached hydrogen (secondary N) is 1. The van der Waals surface area contributed by atoms with Crippen molar-refractivity contribution >= 4 is 17.2 Å². The number of carbonyl (C=O) groups is 1. The van der Waals surface area contributed by atoms with E-state index in [1.54, 1.807) is 23.5 Å². The van der Waals surface area contributed by atoms with Gasteiger partial charge in [-0.25, -0.2) is 0 Å². The first-order chi connectivity index (χ1) is 13.2. The smallest absolute Gasteiger partial charge is 0.258 e. The summed E-state index contributed by atoms with van der Waals surface area (Å²) >= 11 is 1.66. The molecule has 0 unspecified atom stereocenters. The third-order valence-electron chi connectivity index (χ3n) is 3.91. The van der Waals surface area contributed by atoms with E-state index >= 15 is 0 Å². The van der Waals surface area contributed by atoms with Crippen LogP contribution in [0.2, 0.25) is 0 Å². The van der Waals surface area contributed by atoms with Crippen LogP contribution >= 0.6 is 11.3 Å². The van der Waals surface area contributed by atoms with E-state index in [1.807, 2.05) is 42.1 Å². The lowest BCUT2D eigenvalue weighted by Gasteiger charge is -2.09. The van der Waals surface area contributed by atoms with Crippen LogP contribution in [0.4, 0.5) is 0 Å². The molecule has 6 nitrogen and oxygen atoms in total. The molecule has 1 aromatic carbocycles. The van der Waals surface area contributed by atoms with Gasteiger partial charge in [-0.1, -0.05) is 6.07 Å². The summed E-state index contributed by atoms with van der Waals surface area (Å²) in [5.41, 5.74) is 2.03. The Hall–Kier alpha value is -2.80. The number of aryl methyl sites for hydroxylation is 1. The zero-order valence-electron chi connectivity index (χ0n) is 15.5. The maximum Gasteiger partial charge on any atom is 0.258 e. The van der Waals surface area contributed by atoms with Crippen molar-refractivity contribution in [1.29, 1.82) is 0 Å². The molecule has 27 heavy (non-hydrogen) atoms. The molecule has 0 aliphatic heterocycles. The summed E-state index contributed by atoms with van der Waals surface area (Å²) in [6.45, 7) is 5.66. The van der Waals surface area contributed by atoms with Crippen LogP contribution in [-0.4, -0.2) is 35.4 Å². The third-order valence-corrected chi connectivity index (χ3v) is 4.80. The Morgan fingerprint density at radius 3 is 2.59 bits per heavy atom. The highest BCUT2D eigenvalue weighted by Crippen LogP contribution is 2.23. The number of aromatic nitrogens is 2. The van der Waals surface area contributed by atoms with Gasteiger partial charge in [0.25, 0.3) is 5.91 Å². The molecule has 3 rings (SSSR count). The highest BCUT2D eigenvalue weighted by molar-refractivity contribution is 7.13. The first-order valence-corrected chi connectivity index (χ1v) is 9.74. The molecular formula is C20H23N3O3S. The summed E-state index contributed by atoms with van der Waals surface area (Å²) in [5.74, 6) is 1.26. The quantitative estimate of drug-likeness (QED) is 0.612. The minimum atomic E-state index is -0.160. The first kappa shape index (κ1) is 19.0. The molecule has 0 saturated carbocycles. The summed E-state index contributed by atoms with van der Waals surface area (Å²) in [6, 6.07) is 13.3. The Kier molecular flexibility index (Phi) is 6.49. The van der Waals surface area contributed by atoms with E-state index in [9.17, 15) is 4.79 Å². The molecule has 142 valence electrons. The standard InChI is InChI=1S/C20H23N3O3S/c1-3-25-16-6-8-17(9-7-16)26-14-20(24)21-10-11-23-15(2)13-18(22-23)19-5-4-12-27-19/h4-9,12-13H,3,10-11,14H2,1-2H3,(H,21,24). The zero-order chi connectivity index (χ0) is 19.1. The fraction of sp³-hybridized carbons (Fsp3) is 0.300. The van der Waals surface area contributed by atoms with E-state index in [0.717, 1.165) is 22.0 Å². The van der Waals surface area contributed by atoms with Crippen molar-refractivity contribution < 1.29 is 14.3 Å². The second kappa shape index (κ2) is 9.23. The van der Waals surface area contributed by atoms with E-state index in [1.165, 1.54) is 0 Å². The minimum Gasteiger partial charge on any atom is -0.494 e. The molecule has 2 heterocycles. The maximum atomic E-state index is 12.0. The highest BCUT2D eigenvalue weighted by Gasteiger charge is 2.08. The summed E-state index contributed by atoms with van der Waals surface area (Å²) in [7, 11) is 0. The predicted octanol–water partition coefficient (Wildman–Crippen LogP) is 3.51. The molecule has 3 aromatic rings. The van der Waals surface area contributed by atoms with Crippen LogP contribution in [0.3, 0.4) is 0 Å². The van der Waals surface area contributed by atoms with Crippen molar-refractivity contribution in [2.75, 3.05) is 19.8 Å². The first-order valence-electron chi connectivity index (χ1n) is 8.86. The van der Waals surface area contributed by atoms with Crippen molar-refractivity contribution in [1.82, 2.24) is 15.1 Å². The third kappa shape index (κ3) is 5.34.